The Morgan fingerprint density at radius 3 is 2.82 bits per heavy atom. The van der Waals surface area contributed by atoms with Crippen LogP contribution in [0.5, 0.6) is 5.75 Å². The highest BCUT2D eigenvalue weighted by molar-refractivity contribution is 6.17. The molecule has 0 radical (unpaired) electrons. The van der Waals surface area contributed by atoms with E-state index in [4.69, 9.17) is 16.7 Å². The van der Waals surface area contributed by atoms with E-state index >= 15 is 0 Å². The number of rotatable bonds is 1. The van der Waals surface area contributed by atoms with Gasteiger partial charge in [-0.1, -0.05) is 0 Å². The van der Waals surface area contributed by atoms with Crippen molar-refractivity contribution in [1.82, 2.24) is 4.57 Å². The van der Waals surface area contributed by atoms with E-state index in [9.17, 15) is 4.79 Å². The molecule has 4 heteroatoms. The summed E-state index contributed by atoms with van der Waals surface area (Å²) in [4.78, 5) is 10.8. The Kier molecular flexibility index (Phi) is 2.19. The molecule has 0 bridgehead atoms. The van der Waals surface area contributed by atoms with E-state index < -0.39 is 5.43 Å². The maximum Gasteiger partial charge on any atom is 0.223 e. The van der Waals surface area contributed by atoms with E-state index in [2.05, 4.69) is 0 Å². The van der Waals surface area contributed by atoms with Gasteiger partial charge < -0.3 is 9.67 Å². The summed E-state index contributed by atoms with van der Waals surface area (Å²) in [6.45, 7) is 0. The number of hydrogen-bond acceptors (Lipinski definition) is 2. The Labute approximate surface area is 68.8 Å². The smallest absolute Gasteiger partial charge is 0.223 e. The molecule has 1 heterocycles. The van der Waals surface area contributed by atoms with Gasteiger partial charge in [0.05, 0.1) is 11.6 Å². The third kappa shape index (κ3) is 1.38. The summed E-state index contributed by atoms with van der Waals surface area (Å²) in [6, 6.07) is 1.30. The number of aryl methyl sites for hydroxylation is 1. The number of aromatic hydroxyl groups is 1. The van der Waals surface area contributed by atoms with Crippen LogP contribution in [0.3, 0.4) is 0 Å². The van der Waals surface area contributed by atoms with Gasteiger partial charge >= 0.3 is 0 Å². The standard InChI is InChI=1S/C7H8ClNO2/c1-9-3-2-6(10)7(11)5(9)4-8/h2-3,11H,4H2,1H3. The van der Waals surface area contributed by atoms with Crippen molar-refractivity contribution in [2.45, 2.75) is 5.88 Å². The SMILES string of the molecule is Cn1ccc(=O)c(O)c1CCl. The molecule has 0 spiro atoms. The molecule has 0 aromatic carbocycles. The van der Waals surface area contributed by atoms with Crippen molar-refractivity contribution in [3.63, 3.8) is 0 Å². The van der Waals surface area contributed by atoms with E-state index in [1.54, 1.807) is 17.8 Å². The van der Waals surface area contributed by atoms with Crippen LogP contribution in [-0.2, 0) is 12.9 Å². The molecule has 1 aromatic rings. The van der Waals surface area contributed by atoms with Crippen molar-refractivity contribution >= 4 is 11.6 Å². The second kappa shape index (κ2) is 2.96. The zero-order valence-corrected chi connectivity index (χ0v) is 6.80. The van der Waals surface area contributed by atoms with Crippen LogP contribution < -0.4 is 5.43 Å². The second-order valence-electron chi connectivity index (χ2n) is 2.22. The van der Waals surface area contributed by atoms with Crippen LogP contribution in [0, 0.1) is 0 Å². The summed E-state index contributed by atoms with van der Waals surface area (Å²) in [5.41, 5.74) is 0.0536. The van der Waals surface area contributed by atoms with Crippen molar-refractivity contribution in [2.75, 3.05) is 0 Å². The molecule has 0 aliphatic rings. The molecule has 0 aliphatic heterocycles. The summed E-state index contributed by atoms with van der Waals surface area (Å²) in [7, 11) is 1.72. The Balaban J connectivity index is 3.41. The van der Waals surface area contributed by atoms with E-state index in [1.807, 2.05) is 0 Å². The van der Waals surface area contributed by atoms with Gasteiger partial charge in [0.1, 0.15) is 0 Å². The van der Waals surface area contributed by atoms with Gasteiger partial charge in [0.15, 0.2) is 5.75 Å². The molecular formula is C7H8ClNO2. The number of hydrogen-bond donors (Lipinski definition) is 1. The van der Waals surface area contributed by atoms with Gasteiger partial charge in [-0.3, -0.25) is 4.79 Å². The van der Waals surface area contributed by atoms with Crippen LogP contribution >= 0.6 is 11.6 Å². The molecule has 0 aliphatic carbocycles. The fraction of sp³-hybridized carbons (Fsp3) is 0.286. The Morgan fingerprint density at radius 1 is 1.73 bits per heavy atom. The first-order chi connectivity index (χ1) is 5.16. The average molecular weight is 174 g/mol. The van der Waals surface area contributed by atoms with E-state index in [1.165, 1.54) is 6.07 Å². The van der Waals surface area contributed by atoms with E-state index in [0.29, 0.717) is 5.69 Å². The van der Waals surface area contributed by atoms with Gasteiger partial charge in [0.25, 0.3) is 0 Å². The Bertz CT molecular complexity index is 319. The van der Waals surface area contributed by atoms with Crippen LogP contribution in [0.1, 0.15) is 5.69 Å². The number of aromatic nitrogens is 1. The Hall–Kier alpha value is -0.960. The molecule has 1 N–H and O–H groups in total. The van der Waals surface area contributed by atoms with Crippen LogP contribution in [0.15, 0.2) is 17.1 Å². The first kappa shape index (κ1) is 8.14. The second-order valence-corrected chi connectivity index (χ2v) is 2.49. The van der Waals surface area contributed by atoms with Crippen LogP contribution in [0.4, 0.5) is 0 Å². The number of nitrogens with zero attached hydrogens (tertiary/aromatic N) is 1. The minimum absolute atomic E-state index is 0.137. The Morgan fingerprint density at radius 2 is 2.36 bits per heavy atom. The summed E-state index contributed by atoms with van der Waals surface area (Å²) >= 11 is 5.49. The lowest BCUT2D eigenvalue weighted by Crippen LogP contribution is -2.08. The fourth-order valence-corrected chi connectivity index (χ4v) is 1.13. The van der Waals surface area contributed by atoms with Gasteiger partial charge in [-0.05, 0) is 0 Å². The third-order valence-electron chi connectivity index (χ3n) is 1.51. The van der Waals surface area contributed by atoms with Crippen molar-refractivity contribution < 1.29 is 5.11 Å². The number of pyridine rings is 1. The maximum atomic E-state index is 10.8. The average Bonchev–Trinajstić information content (AvgIpc) is 1.99. The molecule has 0 unspecified atom stereocenters. The number of alkyl halides is 1. The topological polar surface area (TPSA) is 42.2 Å². The van der Waals surface area contributed by atoms with Crippen LogP contribution in [0.2, 0.25) is 0 Å². The highest BCUT2D eigenvalue weighted by atomic mass is 35.5. The molecule has 1 aromatic heterocycles. The maximum absolute atomic E-state index is 10.8. The minimum Gasteiger partial charge on any atom is -0.503 e. The molecule has 11 heavy (non-hydrogen) atoms. The molecule has 0 saturated heterocycles. The van der Waals surface area contributed by atoms with E-state index in [-0.39, 0.29) is 11.6 Å². The summed E-state index contributed by atoms with van der Waals surface area (Å²) < 4.78 is 1.61. The number of halogens is 1. The van der Waals surface area contributed by atoms with Gasteiger partial charge in [-0.25, -0.2) is 0 Å². The van der Waals surface area contributed by atoms with Crippen LogP contribution in [-0.4, -0.2) is 9.67 Å². The zero-order valence-electron chi connectivity index (χ0n) is 6.04. The highest BCUT2D eigenvalue weighted by Gasteiger charge is 2.04. The first-order valence-corrected chi connectivity index (χ1v) is 3.63. The molecule has 1 rings (SSSR count). The van der Waals surface area contributed by atoms with Crippen molar-refractivity contribution in [3.05, 3.63) is 28.2 Å². The van der Waals surface area contributed by atoms with Crippen LogP contribution in [0.25, 0.3) is 0 Å². The van der Waals surface area contributed by atoms with Gasteiger partial charge in [-0.15, -0.1) is 11.6 Å². The lowest BCUT2D eigenvalue weighted by molar-refractivity contribution is 0.456. The molecule has 3 nitrogen and oxygen atoms in total. The lowest BCUT2D eigenvalue weighted by Gasteiger charge is -2.05. The molecular weight excluding hydrogens is 166 g/mol. The minimum atomic E-state index is -0.390. The zero-order chi connectivity index (χ0) is 8.43. The molecule has 0 amide bonds. The van der Waals surface area contributed by atoms with Gasteiger partial charge in [-0.2, -0.15) is 0 Å². The third-order valence-corrected chi connectivity index (χ3v) is 1.76. The normalized spacial score (nSPS) is 10.0. The molecule has 0 saturated carbocycles. The summed E-state index contributed by atoms with van der Waals surface area (Å²) in [5, 5.41) is 9.16. The summed E-state index contributed by atoms with van der Waals surface area (Å²) in [6.07, 6.45) is 1.57. The van der Waals surface area contributed by atoms with Gasteiger partial charge in [0.2, 0.25) is 5.43 Å². The monoisotopic (exact) mass is 173 g/mol. The molecule has 0 atom stereocenters. The lowest BCUT2D eigenvalue weighted by atomic mass is 10.3. The van der Waals surface area contributed by atoms with Crippen molar-refractivity contribution in [2.24, 2.45) is 7.05 Å². The van der Waals surface area contributed by atoms with E-state index in [0.717, 1.165) is 0 Å². The van der Waals surface area contributed by atoms with Crippen molar-refractivity contribution in [1.29, 1.82) is 0 Å². The van der Waals surface area contributed by atoms with Gasteiger partial charge in [0, 0.05) is 19.3 Å². The first-order valence-electron chi connectivity index (χ1n) is 3.10. The quantitative estimate of drug-likeness (QED) is 0.640. The van der Waals surface area contributed by atoms with Crippen molar-refractivity contribution in [3.8, 4) is 5.75 Å². The fourth-order valence-electron chi connectivity index (χ4n) is 0.815. The predicted octanol–water partition coefficient (Wildman–Crippen LogP) is 0.830. The largest absolute Gasteiger partial charge is 0.503 e. The highest BCUT2D eigenvalue weighted by Crippen LogP contribution is 2.11. The predicted molar refractivity (Wildman–Crippen MR) is 42.9 cm³/mol. The summed E-state index contributed by atoms with van der Waals surface area (Å²) in [5.74, 6) is -0.122. The molecule has 0 fully saturated rings. The molecule has 60 valence electrons.